The third-order valence-electron chi connectivity index (χ3n) is 24.1. The molecule has 0 spiro atoms. The van der Waals surface area contributed by atoms with Crippen LogP contribution in [0.2, 0.25) is 0 Å². The molecule has 0 saturated carbocycles. The molecule has 18 heteroatoms. The van der Waals surface area contributed by atoms with Gasteiger partial charge >= 0.3 is 7.12 Å². The van der Waals surface area contributed by atoms with Gasteiger partial charge in [-0.2, -0.15) is 10.5 Å². The second-order valence-electron chi connectivity index (χ2n) is 33.8. The monoisotopic (exact) mass is 1720 g/mol. The van der Waals surface area contributed by atoms with E-state index in [9.17, 15) is 5.26 Å². The fourth-order valence-corrected chi connectivity index (χ4v) is 17.0. The molecule has 3 aliphatic rings. The number of hydrogen-bond acceptors (Lipinski definition) is 16. The molecule has 1 fully saturated rings. The number of hydrogen-bond donors (Lipinski definition) is 0. The van der Waals surface area contributed by atoms with Gasteiger partial charge in [-0.1, -0.05) is 329 Å². The minimum Gasteiger partial charge on any atom is -0.399 e. The fourth-order valence-electron chi connectivity index (χ4n) is 16.6. The highest BCUT2D eigenvalue weighted by atomic mass is 79.9. The first kappa shape index (κ1) is 82.2. The van der Waals surface area contributed by atoms with E-state index >= 15 is 0 Å². The van der Waals surface area contributed by atoms with Crippen LogP contribution < -0.4 is 5.46 Å². The van der Waals surface area contributed by atoms with Gasteiger partial charge in [0.25, 0.3) is 0 Å². The zero-order valence-corrected chi connectivity index (χ0v) is 73.1. The number of nitriles is 2. The Kier molecular flexibility index (Phi) is 22.0. The van der Waals surface area contributed by atoms with Gasteiger partial charge in [0.05, 0.1) is 34.5 Å². The molecular weight excluding hydrogens is 1640 g/mol. The number of nitrogens with zero attached hydrogens (tertiary/aromatic N) is 14. The third kappa shape index (κ3) is 16.5. The molecule has 614 valence electrons. The van der Waals surface area contributed by atoms with Gasteiger partial charge in [-0.15, -0.1) is 0 Å². The summed E-state index contributed by atoms with van der Waals surface area (Å²) < 4.78 is 14.3. The predicted molar refractivity (Wildman–Crippen MR) is 512 cm³/mol. The third-order valence-corrected chi connectivity index (χ3v) is 24.6. The topological polar surface area (TPSA) is 221 Å². The molecule has 0 atom stereocenters. The quantitative estimate of drug-likeness (QED) is 0.0924. The average molecular weight is 1720 g/mol. The highest BCUT2D eigenvalue weighted by molar-refractivity contribution is 9.10. The van der Waals surface area contributed by atoms with E-state index in [1.165, 1.54) is 33.4 Å². The molecule has 0 bridgehead atoms. The molecule has 1 saturated heterocycles. The number of rotatable bonds is 14. The van der Waals surface area contributed by atoms with E-state index in [0.29, 0.717) is 75.5 Å². The van der Waals surface area contributed by atoms with Crippen molar-refractivity contribution < 1.29 is 9.31 Å². The van der Waals surface area contributed by atoms with Crippen LogP contribution in [0, 0.1) is 22.7 Å². The zero-order valence-electron chi connectivity index (χ0n) is 71.5. The normalized spacial score (nSPS) is 13.7. The highest BCUT2D eigenvalue weighted by Crippen LogP contribution is 2.52. The molecule has 2 aliphatic carbocycles. The molecular formula is C110H82BBrN14O2. The first-order chi connectivity index (χ1) is 62.2. The van der Waals surface area contributed by atoms with Gasteiger partial charge in [-0.25, -0.2) is 59.8 Å². The van der Waals surface area contributed by atoms with Crippen LogP contribution in [0.15, 0.2) is 356 Å². The Hall–Kier alpha value is -15.4. The largest absolute Gasteiger partial charge is 0.494 e. The van der Waals surface area contributed by atoms with Gasteiger partial charge in [-0.05, 0) is 156 Å². The lowest BCUT2D eigenvalue weighted by Crippen LogP contribution is -2.41. The Bertz CT molecular complexity index is 6810. The van der Waals surface area contributed by atoms with Gasteiger partial charge in [-0.3, -0.25) is 0 Å². The minimum atomic E-state index is -0.651. The van der Waals surface area contributed by atoms with Crippen LogP contribution in [0.1, 0.15) is 88.8 Å². The Morgan fingerprint density at radius 1 is 0.227 bits per heavy atom. The highest BCUT2D eigenvalue weighted by Gasteiger charge is 2.52. The van der Waals surface area contributed by atoms with Crippen molar-refractivity contribution in [3.8, 4) is 182 Å². The molecule has 1 aliphatic heterocycles. The van der Waals surface area contributed by atoms with Crippen molar-refractivity contribution in [1.82, 2.24) is 59.8 Å². The van der Waals surface area contributed by atoms with E-state index in [4.69, 9.17) is 74.4 Å². The molecule has 5 heterocycles. The van der Waals surface area contributed by atoms with Crippen LogP contribution >= 0.6 is 15.9 Å². The van der Waals surface area contributed by atoms with E-state index in [1.807, 2.05) is 313 Å². The molecule has 14 aromatic carbocycles. The number of benzene rings is 14. The lowest BCUT2D eigenvalue weighted by atomic mass is 9.77. The zero-order chi connectivity index (χ0) is 87.8. The van der Waals surface area contributed by atoms with Gasteiger partial charge in [0, 0.05) is 82.1 Å². The first-order valence-corrected chi connectivity index (χ1v) is 43.2. The molecule has 0 N–H and O–H groups in total. The van der Waals surface area contributed by atoms with Crippen molar-refractivity contribution in [3.63, 3.8) is 0 Å². The van der Waals surface area contributed by atoms with E-state index in [1.54, 1.807) is 0 Å². The SMILES string of the molecule is CC1(C)OB(c2cc(-c3nc(-c4ccccc4)nc(-c4ccccc4)n3)cc(-c3nc(-c4ccccc4)nc(-c4ccccc4)n3)c2)OC1(C)C.CC1(C)c2cc(Br)ccc2-c2ccc(C#N)cc21.CC1(C)c2cc(C#N)ccc2-c2ccc(-c3cc(-c4nc(-c5ccccc5)nc(-c5ccccc5)n4)cc(-c4nc(-c5ccccc5)nc(-c5ccccc5)n4)c3)cc21. The lowest BCUT2D eigenvalue weighted by molar-refractivity contribution is 0.00578. The number of aromatic nitrogens is 12. The Morgan fingerprint density at radius 2 is 0.445 bits per heavy atom. The van der Waals surface area contributed by atoms with Gasteiger partial charge < -0.3 is 9.31 Å². The summed E-state index contributed by atoms with van der Waals surface area (Å²) in [6.07, 6.45) is 0. The predicted octanol–water partition coefficient (Wildman–Crippen LogP) is 24.9. The second-order valence-corrected chi connectivity index (χ2v) is 34.7. The van der Waals surface area contributed by atoms with Crippen LogP contribution in [-0.2, 0) is 20.1 Å². The summed E-state index contributed by atoms with van der Waals surface area (Å²) in [4.78, 5) is 60.4. The van der Waals surface area contributed by atoms with Crippen molar-refractivity contribution >= 4 is 28.5 Å². The van der Waals surface area contributed by atoms with E-state index in [-0.39, 0.29) is 10.8 Å². The summed E-state index contributed by atoms with van der Waals surface area (Å²) >= 11 is 3.54. The smallest absolute Gasteiger partial charge is 0.399 e. The number of fused-ring (bicyclic) bond motifs is 6. The summed E-state index contributed by atoms with van der Waals surface area (Å²) in [6, 6.07) is 122. The molecule has 128 heavy (non-hydrogen) atoms. The standard InChI is InChI=1S/C52H35N7.C42H35BN6O2.C16H12BrN/c1-52(2)44-27-33(32-53)23-25-42(44)43-26-24-38(31-45(43)52)39-28-40(50-56-46(34-15-7-3-8-16-34)54-47(57-50)35-17-9-4-10-18-35)30-41(29-39)51-58-48(36-19-11-5-12-20-36)55-49(59-51)37-21-13-6-14-22-37;1-41(2)42(3,4)51-43(50-41)34-26-32(39-46-35(28-17-9-5-10-18-28)44-36(47-39)29-19-11-6-12-20-29)25-33(27-34)40-48-37(30-21-13-7-14-22-30)45-38(49-40)31-23-15-8-16-24-31;1-16(2)14-7-10(9-18)3-5-12(14)13-6-4-11(17)8-15(13)16/h3-31H,1-2H3;5-27H,1-4H3;3-8H,1-2H3. The summed E-state index contributed by atoms with van der Waals surface area (Å²) in [5, 5.41) is 18.8. The summed E-state index contributed by atoms with van der Waals surface area (Å²) in [7, 11) is -0.651. The maximum Gasteiger partial charge on any atom is 0.494 e. The minimum absolute atomic E-state index is 0.0404. The molecule has 0 amide bonds. The Morgan fingerprint density at radius 3 is 0.711 bits per heavy atom. The summed E-state index contributed by atoms with van der Waals surface area (Å²) in [6.45, 7) is 17.1. The van der Waals surface area contributed by atoms with Gasteiger partial charge in [0.2, 0.25) is 0 Å². The van der Waals surface area contributed by atoms with Crippen LogP contribution in [0.4, 0.5) is 0 Å². The molecule has 16 nitrogen and oxygen atoms in total. The van der Waals surface area contributed by atoms with Gasteiger partial charge in [0.15, 0.2) is 69.9 Å². The van der Waals surface area contributed by atoms with Crippen molar-refractivity contribution in [2.75, 3.05) is 0 Å². The van der Waals surface area contributed by atoms with Crippen LogP contribution in [0.5, 0.6) is 0 Å². The van der Waals surface area contributed by atoms with E-state index in [0.717, 1.165) is 105 Å². The van der Waals surface area contributed by atoms with Crippen molar-refractivity contribution in [2.24, 2.45) is 0 Å². The molecule has 18 aromatic rings. The van der Waals surface area contributed by atoms with Crippen molar-refractivity contribution in [3.05, 3.63) is 390 Å². The van der Waals surface area contributed by atoms with Gasteiger partial charge in [0.1, 0.15) is 0 Å². The molecule has 21 rings (SSSR count). The summed E-state index contributed by atoms with van der Waals surface area (Å²) in [5.41, 5.74) is 22.7. The molecule has 0 unspecified atom stereocenters. The number of halogens is 1. The van der Waals surface area contributed by atoms with Crippen molar-refractivity contribution in [2.45, 2.75) is 77.4 Å². The fraction of sp³-hybridized carbons (Fsp3) is 0.109. The van der Waals surface area contributed by atoms with Crippen LogP contribution in [0.3, 0.4) is 0 Å². The Labute approximate surface area is 752 Å². The average Bonchev–Trinajstić information content (AvgIpc) is 1.57. The first-order valence-electron chi connectivity index (χ1n) is 42.4. The second kappa shape index (κ2) is 34.2. The maximum absolute atomic E-state index is 9.74. The maximum atomic E-state index is 9.74. The van der Waals surface area contributed by atoms with Crippen LogP contribution in [0.25, 0.3) is 170 Å². The molecule has 4 aromatic heterocycles. The van der Waals surface area contributed by atoms with E-state index < -0.39 is 18.3 Å². The van der Waals surface area contributed by atoms with E-state index in [2.05, 4.69) is 122 Å². The summed E-state index contributed by atoms with van der Waals surface area (Å²) in [5.74, 6) is 6.65. The Balaban J connectivity index is 0.000000140. The van der Waals surface area contributed by atoms with Crippen molar-refractivity contribution in [1.29, 1.82) is 10.5 Å². The van der Waals surface area contributed by atoms with Crippen LogP contribution in [-0.4, -0.2) is 78.1 Å². The molecule has 0 radical (unpaired) electrons. The lowest BCUT2D eigenvalue weighted by Gasteiger charge is -2.32.